The van der Waals surface area contributed by atoms with Crippen LogP contribution in [0.25, 0.3) is 11.4 Å². The summed E-state index contributed by atoms with van der Waals surface area (Å²) in [5.41, 5.74) is 5.70. The summed E-state index contributed by atoms with van der Waals surface area (Å²) in [6.45, 7) is 4.41. The minimum atomic E-state index is -0.409. The summed E-state index contributed by atoms with van der Waals surface area (Å²) in [7, 11) is 0. The molecule has 4 aromatic rings. The Bertz CT molecular complexity index is 1210. The van der Waals surface area contributed by atoms with Crippen molar-refractivity contribution in [1.29, 1.82) is 0 Å². The molecular weight excluding hydrogens is 392 g/mol. The van der Waals surface area contributed by atoms with Crippen LogP contribution in [-0.2, 0) is 13.0 Å². The van der Waals surface area contributed by atoms with Crippen molar-refractivity contribution in [2.24, 2.45) is 0 Å². The molecule has 1 aliphatic heterocycles. The van der Waals surface area contributed by atoms with E-state index in [0.29, 0.717) is 24.7 Å². The van der Waals surface area contributed by atoms with Crippen LogP contribution in [0.15, 0.2) is 59.4 Å². The SMILES string of the molecule is Cc1ccc(NC(=O)N2Cc3[nH]cnc3CC2c2nc(-c3ccc(C)cc3)no2)cc1. The minimum absolute atomic E-state index is 0.232. The number of hydrogen-bond donors (Lipinski definition) is 2. The first-order valence-electron chi connectivity index (χ1n) is 10.1. The van der Waals surface area contributed by atoms with Crippen molar-refractivity contribution < 1.29 is 9.32 Å². The van der Waals surface area contributed by atoms with Gasteiger partial charge in [-0.3, -0.25) is 0 Å². The van der Waals surface area contributed by atoms with E-state index in [9.17, 15) is 4.79 Å². The molecule has 1 aliphatic rings. The Hall–Kier alpha value is -3.94. The number of anilines is 1. The Balaban J connectivity index is 1.44. The molecule has 5 rings (SSSR count). The molecule has 0 saturated heterocycles. The summed E-state index contributed by atoms with van der Waals surface area (Å²) in [6.07, 6.45) is 2.14. The van der Waals surface area contributed by atoms with Crippen LogP contribution in [0.3, 0.4) is 0 Å². The molecule has 0 radical (unpaired) electrons. The van der Waals surface area contributed by atoms with Crippen LogP contribution in [0.5, 0.6) is 0 Å². The molecule has 2 aromatic carbocycles. The summed E-state index contributed by atoms with van der Waals surface area (Å²) in [6, 6.07) is 15.0. The quantitative estimate of drug-likeness (QED) is 0.517. The predicted molar refractivity (Wildman–Crippen MR) is 115 cm³/mol. The maximum atomic E-state index is 13.2. The Kier molecular flexibility index (Phi) is 4.74. The number of aromatic amines is 1. The van der Waals surface area contributed by atoms with Gasteiger partial charge in [0.25, 0.3) is 0 Å². The van der Waals surface area contributed by atoms with Crippen molar-refractivity contribution in [3.05, 3.63) is 83.3 Å². The molecule has 0 aliphatic carbocycles. The molecule has 0 spiro atoms. The fourth-order valence-corrected chi connectivity index (χ4v) is 3.69. The van der Waals surface area contributed by atoms with Gasteiger partial charge >= 0.3 is 6.03 Å². The standard InChI is InChI=1S/C23H22N6O2/c1-14-3-7-16(8-4-14)21-27-22(31-28-21)20-11-18-19(25-13-24-18)12-29(20)23(30)26-17-9-5-15(2)6-10-17/h3-10,13,20H,11-12H2,1-2H3,(H,24,25)(H,26,30). The molecule has 3 heterocycles. The lowest BCUT2D eigenvalue weighted by Crippen LogP contribution is -2.41. The first kappa shape index (κ1) is 19.0. The summed E-state index contributed by atoms with van der Waals surface area (Å²) in [5.74, 6) is 0.894. The number of rotatable bonds is 3. The van der Waals surface area contributed by atoms with Crippen molar-refractivity contribution in [2.75, 3.05) is 5.32 Å². The fraction of sp³-hybridized carbons (Fsp3) is 0.217. The molecule has 31 heavy (non-hydrogen) atoms. The van der Waals surface area contributed by atoms with E-state index in [2.05, 4.69) is 25.4 Å². The first-order chi connectivity index (χ1) is 15.1. The third-order valence-corrected chi connectivity index (χ3v) is 5.50. The molecule has 2 amide bonds. The Morgan fingerprint density at radius 2 is 1.81 bits per heavy atom. The summed E-state index contributed by atoms with van der Waals surface area (Å²) >= 11 is 0. The summed E-state index contributed by atoms with van der Waals surface area (Å²) in [4.78, 5) is 27.0. The molecule has 2 aromatic heterocycles. The van der Waals surface area contributed by atoms with E-state index >= 15 is 0 Å². The fourth-order valence-electron chi connectivity index (χ4n) is 3.69. The zero-order valence-electron chi connectivity index (χ0n) is 17.3. The Morgan fingerprint density at radius 3 is 2.55 bits per heavy atom. The van der Waals surface area contributed by atoms with Crippen LogP contribution in [0.1, 0.15) is 34.4 Å². The number of imidazole rings is 1. The smallest absolute Gasteiger partial charge is 0.322 e. The van der Waals surface area contributed by atoms with Crippen molar-refractivity contribution in [3.8, 4) is 11.4 Å². The maximum Gasteiger partial charge on any atom is 0.322 e. The van der Waals surface area contributed by atoms with Gasteiger partial charge < -0.3 is 19.7 Å². The van der Waals surface area contributed by atoms with Crippen molar-refractivity contribution in [2.45, 2.75) is 32.9 Å². The average molecular weight is 414 g/mol. The number of nitrogens with one attached hydrogen (secondary N) is 2. The van der Waals surface area contributed by atoms with E-state index in [4.69, 9.17) is 4.52 Å². The summed E-state index contributed by atoms with van der Waals surface area (Å²) in [5, 5.41) is 7.12. The number of nitrogens with zero attached hydrogens (tertiary/aromatic N) is 4. The highest BCUT2D eigenvalue weighted by molar-refractivity contribution is 5.89. The van der Waals surface area contributed by atoms with Crippen molar-refractivity contribution >= 4 is 11.7 Å². The van der Waals surface area contributed by atoms with Gasteiger partial charge in [0.15, 0.2) is 0 Å². The van der Waals surface area contributed by atoms with Gasteiger partial charge in [0.05, 0.1) is 24.3 Å². The largest absolute Gasteiger partial charge is 0.347 e. The average Bonchev–Trinajstić information content (AvgIpc) is 3.44. The number of carbonyl (C=O) groups is 1. The van der Waals surface area contributed by atoms with Gasteiger partial charge in [-0.05, 0) is 26.0 Å². The van der Waals surface area contributed by atoms with Crippen LogP contribution in [-0.4, -0.2) is 31.0 Å². The summed E-state index contributed by atoms with van der Waals surface area (Å²) < 4.78 is 5.61. The third kappa shape index (κ3) is 3.79. The zero-order valence-corrected chi connectivity index (χ0v) is 17.3. The molecule has 0 saturated carbocycles. The van der Waals surface area contributed by atoms with Crippen molar-refractivity contribution in [1.82, 2.24) is 25.0 Å². The van der Waals surface area contributed by atoms with E-state index in [1.807, 2.05) is 62.4 Å². The van der Waals surface area contributed by atoms with Gasteiger partial charge in [-0.1, -0.05) is 52.7 Å². The second-order valence-corrected chi connectivity index (χ2v) is 7.79. The number of amides is 2. The molecular formula is C23H22N6O2. The zero-order chi connectivity index (χ0) is 21.4. The van der Waals surface area contributed by atoms with Crippen LogP contribution in [0.4, 0.5) is 10.5 Å². The highest BCUT2D eigenvalue weighted by Gasteiger charge is 2.36. The van der Waals surface area contributed by atoms with Gasteiger partial charge in [-0.25, -0.2) is 9.78 Å². The molecule has 0 fully saturated rings. The molecule has 0 bridgehead atoms. The normalized spacial score (nSPS) is 15.5. The van der Waals surface area contributed by atoms with Gasteiger partial charge in [0.2, 0.25) is 11.7 Å². The van der Waals surface area contributed by atoms with Crippen LogP contribution >= 0.6 is 0 Å². The van der Waals surface area contributed by atoms with Gasteiger partial charge in [-0.2, -0.15) is 4.98 Å². The lowest BCUT2D eigenvalue weighted by atomic mass is 10.0. The van der Waals surface area contributed by atoms with Crippen LogP contribution in [0.2, 0.25) is 0 Å². The molecule has 1 unspecified atom stereocenters. The second kappa shape index (κ2) is 7.71. The van der Waals surface area contributed by atoms with E-state index in [-0.39, 0.29) is 6.03 Å². The number of aryl methyl sites for hydroxylation is 2. The highest BCUT2D eigenvalue weighted by Crippen LogP contribution is 2.32. The monoisotopic (exact) mass is 414 g/mol. The third-order valence-electron chi connectivity index (χ3n) is 5.50. The molecule has 156 valence electrons. The minimum Gasteiger partial charge on any atom is -0.347 e. The molecule has 2 N–H and O–H groups in total. The number of fused-ring (bicyclic) bond motifs is 1. The number of benzene rings is 2. The number of hydrogen-bond acceptors (Lipinski definition) is 5. The maximum absolute atomic E-state index is 13.2. The topological polar surface area (TPSA) is 99.9 Å². The van der Waals surface area contributed by atoms with Crippen molar-refractivity contribution in [3.63, 3.8) is 0 Å². The lowest BCUT2D eigenvalue weighted by Gasteiger charge is -2.32. The van der Waals surface area contributed by atoms with E-state index in [1.165, 1.54) is 0 Å². The number of carbonyl (C=O) groups excluding carboxylic acids is 1. The Labute approximate surface area is 179 Å². The lowest BCUT2D eigenvalue weighted by molar-refractivity contribution is 0.155. The predicted octanol–water partition coefficient (Wildman–Crippen LogP) is 4.41. The second-order valence-electron chi connectivity index (χ2n) is 7.79. The van der Waals surface area contributed by atoms with Crippen LogP contribution < -0.4 is 5.32 Å². The van der Waals surface area contributed by atoms with Crippen LogP contribution in [0, 0.1) is 13.8 Å². The molecule has 8 heteroatoms. The number of aromatic nitrogens is 4. The van der Waals surface area contributed by atoms with Gasteiger partial charge in [-0.15, -0.1) is 0 Å². The van der Waals surface area contributed by atoms with E-state index < -0.39 is 6.04 Å². The van der Waals surface area contributed by atoms with Gasteiger partial charge in [0.1, 0.15) is 6.04 Å². The Morgan fingerprint density at radius 1 is 1.10 bits per heavy atom. The van der Waals surface area contributed by atoms with Gasteiger partial charge in [0, 0.05) is 17.7 Å². The van der Waals surface area contributed by atoms with E-state index in [0.717, 1.165) is 33.8 Å². The molecule has 8 nitrogen and oxygen atoms in total. The first-order valence-corrected chi connectivity index (χ1v) is 10.1. The number of H-pyrrole nitrogens is 1. The van der Waals surface area contributed by atoms with E-state index in [1.54, 1.807) is 11.2 Å². The molecule has 1 atom stereocenters. The highest BCUT2D eigenvalue weighted by atomic mass is 16.5. The number of urea groups is 1.